The Labute approximate surface area is 249 Å². The molecule has 0 bridgehead atoms. The fraction of sp³-hybridized carbons (Fsp3) is 0.467. The third-order valence-corrected chi connectivity index (χ3v) is 9.55. The van der Waals surface area contributed by atoms with E-state index in [1.54, 1.807) is 18.2 Å². The van der Waals surface area contributed by atoms with Crippen LogP contribution in [0.4, 0.5) is 29.3 Å². The predicted molar refractivity (Wildman–Crippen MR) is 162 cm³/mol. The number of benzene rings is 2. The molecule has 3 aromatic rings. The van der Waals surface area contributed by atoms with E-state index in [-0.39, 0.29) is 27.9 Å². The maximum Gasteiger partial charge on any atom is 0.417 e. The van der Waals surface area contributed by atoms with Gasteiger partial charge in [-0.3, -0.25) is 4.79 Å². The van der Waals surface area contributed by atoms with Crippen LogP contribution < -0.4 is 21.1 Å². The molecule has 4 rings (SSSR count). The van der Waals surface area contributed by atoms with Crippen LogP contribution in [0.3, 0.4) is 0 Å². The lowest BCUT2D eigenvalue weighted by Crippen LogP contribution is -2.38. The number of urea groups is 1. The number of carbonyl (C=O) groups is 1. The van der Waals surface area contributed by atoms with Gasteiger partial charge >= 0.3 is 12.2 Å². The van der Waals surface area contributed by atoms with E-state index in [1.165, 1.54) is 28.6 Å². The number of nitrogens with zero attached hydrogens (tertiary/aromatic N) is 2. The van der Waals surface area contributed by atoms with Gasteiger partial charge in [-0.25, -0.2) is 13.2 Å². The van der Waals surface area contributed by atoms with Crippen molar-refractivity contribution in [1.29, 1.82) is 0 Å². The first-order valence-electron chi connectivity index (χ1n) is 14.5. The summed E-state index contributed by atoms with van der Waals surface area (Å²) in [5.41, 5.74) is -0.714. The van der Waals surface area contributed by atoms with Crippen LogP contribution in [0.1, 0.15) is 58.4 Å². The highest BCUT2D eigenvalue weighted by molar-refractivity contribution is 7.89. The summed E-state index contributed by atoms with van der Waals surface area (Å²) in [5, 5.41) is 5.43. The number of fused-ring (bicyclic) bond motifs is 1. The number of alkyl halides is 3. The Bertz CT molecular complexity index is 1600. The molecule has 2 amide bonds. The van der Waals surface area contributed by atoms with Gasteiger partial charge in [-0.1, -0.05) is 19.9 Å². The van der Waals surface area contributed by atoms with Gasteiger partial charge in [0, 0.05) is 60.1 Å². The number of hydrogen-bond donors (Lipinski definition) is 3. The van der Waals surface area contributed by atoms with Crippen molar-refractivity contribution in [2.24, 2.45) is 0 Å². The Morgan fingerprint density at radius 2 is 1.79 bits per heavy atom. The van der Waals surface area contributed by atoms with Gasteiger partial charge in [0.25, 0.3) is 0 Å². The van der Waals surface area contributed by atoms with Crippen molar-refractivity contribution < 1.29 is 26.4 Å². The zero-order chi connectivity index (χ0) is 31.4. The second kappa shape index (κ2) is 13.4. The summed E-state index contributed by atoms with van der Waals surface area (Å²) in [7, 11) is -3.70. The standard InChI is InChI=1S/C30H38F3N5O4S/c1-4-15-37(16-5-2)43(41,42)24-8-6-7-21(17-24)35-29(40)34-14-13-22-10-9-20(3)38(22)23-11-12-27-25(18-23)26(30(31,32)33)19-28(39)36-27/h6-8,11-12,17-20,22H,4-5,9-10,13-16H2,1-3H3,(H,36,39)(H2,34,35,40). The zero-order valence-electron chi connectivity index (χ0n) is 24.5. The maximum atomic E-state index is 13.7. The molecule has 0 radical (unpaired) electrons. The van der Waals surface area contributed by atoms with E-state index in [0.29, 0.717) is 56.3 Å². The average Bonchev–Trinajstić information content (AvgIpc) is 3.31. The highest BCUT2D eigenvalue weighted by Crippen LogP contribution is 2.37. The van der Waals surface area contributed by atoms with Crippen molar-refractivity contribution in [2.45, 2.75) is 76.0 Å². The normalized spacial score (nSPS) is 17.5. The summed E-state index contributed by atoms with van der Waals surface area (Å²) < 4.78 is 68.8. The quantitative estimate of drug-likeness (QED) is 0.246. The first-order chi connectivity index (χ1) is 20.3. The van der Waals surface area contributed by atoms with Crippen molar-refractivity contribution in [2.75, 3.05) is 29.9 Å². The lowest BCUT2D eigenvalue weighted by molar-refractivity contribution is -0.136. The molecule has 0 aliphatic carbocycles. The number of H-pyrrole nitrogens is 1. The molecule has 234 valence electrons. The molecule has 1 saturated heterocycles. The highest BCUT2D eigenvalue weighted by Gasteiger charge is 2.35. The number of aromatic nitrogens is 1. The Kier molecular flexibility index (Phi) is 10.1. The van der Waals surface area contributed by atoms with Gasteiger partial charge in [0.1, 0.15) is 0 Å². The average molecular weight is 622 g/mol. The second-order valence-electron chi connectivity index (χ2n) is 10.9. The summed E-state index contributed by atoms with van der Waals surface area (Å²) in [6, 6.07) is 10.9. The van der Waals surface area contributed by atoms with Gasteiger partial charge in [0.2, 0.25) is 15.6 Å². The number of halogens is 3. The molecule has 2 unspecified atom stereocenters. The number of aromatic amines is 1. The molecule has 1 fully saturated rings. The largest absolute Gasteiger partial charge is 0.417 e. The number of nitrogens with one attached hydrogen (secondary N) is 3. The molecule has 1 aliphatic rings. The van der Waals surface area contributed by atoms with Gasteiger partial charge in [-0.2, -0.15) is 17.5 Å². The molecule has 3 N–H and O–H groups in total. The van der Waals surface area contributed by atoms with Crippen LogP contribution >= 0.6 is 0 Å². The van der Waals surface area contributed by atoms with Gasteiger partial charge < -0.3 is 20.5 Å². The van der Waals surface area contributed by atoms with Crippen LogP contribution in [0.2, 0.25) is 0 Å². The molecule has 1 aromatic heterocycles. The molecular weight excluding hydrogens is 583 g/mol. The monoisotopic (exact) mass is 621 g/mol. The molecule has 13 heteroatoms. The third kappa shape index (κ3) is 7.50. The molecule has 2 atom stereocenters. The van der Waals surface area contributed by atoms with Gasteiger partial charge in [-0.15, -0.1) is 0 Å². The molecule has 9 nitrogen and oxygen atoms in total. The molecule has 0 saturated carbocycles. The van der Waals surface area contributed by atoms with Gasteiger partial charge in [0.15, 0.2) is 0 Å². The lowest BCUT2D eigenvalue weighted by atomic mass is 10.1. The van der Waals surface area contributed by atoms with Crippen LogP contribution in [0.25, 0.3) is 10.9 Å². The van der Waals surface area contributed by atoms with Crippen molar-refractivity contribution in [3.8, 4) is 0 Å². The number of amides is 2. The van der Waals surface area contributed by atoms with Gasteiger partial charge in [-0.05, 0) is 75.4 Å². The molecule has 43 heavy (non-hydrogen) atoms. The minimum atomic E-state index is -4.67. The summed E-state index contributed by atoms with van der Waals surface area (Å²) in [6.07, 6.45) is -1.12. The maximum absolute atomic E-state index is 13.7. The first kappa shape index (κ1) is 32.3. The fourth-order valence-corrected chi connectivity index (χ4v) is 7.39. The molecule has 0 spiro atoms. The minimum absolute atomic E-state index is 0.0265. The predicted octanol–water partition coefficient (Wildman–Crippen LogP) is 5.93. The molecule has 2 aromatic carbocycles. The summed E-state index contributed by atoms with van der Waals surface area (Å²) in [5.74, 6) is 0. The number of anilines is 2. The van der Waals surface area contributed by atoms with E-state index >= 15 is 0 Å². The van der Waals surface area contributed by atoms with Crippen LogP contribution in [-0.4, -0.2) is 55.5 Å². The minimum Gasteiger partial charge on any atom is -0.366 e. The van der Waals surface area contributed by atoms with Crippen LogP contribution in [-0.2, 0) is 16.2 Å². The highest BCUT2D eigenvalue weighted by atomic mass is 32.2. The summed E-state index contributed by atoms with van der Waals surface area (Å²) in [6.45, 7) is 6.96. The Morgan fingerprint density at radius 3 is 2.47 bits per heavy atom. The van der Waals surface area contributed by atoms with E-state index in [0.717, 1.165) is 12.8 Å². The van der Waals surface area contributed by atoms with Crippen molar-refractivity contribution >= 4 is 38.3 Å². The second-order valence-corrected chi connectivity index (χ2v) is 12.8. The van der Waals surface area contributed by atoms with Crippen molar-refractivity contribution in [1.82, 2.24) is 14.6 Å². The van der Waals surface area contributed by atoms with E-state index in [4.69, 9.17) is 0 Å². The summed E-state index contributed by atoms with van der Waals surface area (Å²) in [4.78, 5) is 29.1. The van der Waals surface area contributed by atoms with Crippen LogP contribution in [0.15, 0.2) is 58.2 Å². The first-order valence-corrected chi connectivity index (χ1v) is 16.0. The van der Waals surface area contributed by atoms with E-state index < -0.39 is 33.4 Å². The Morgan fingerprint density at radius 1 is 1.07 bits per heavy atom. The van der Waals surface area contributed by atoms with E-state index in [9.17, 15) is 31.2 Å². The topological polar surface area (TPSA) is 115 Å². The molecule has 1 aliphatic heterocycles. The number of rotatable bonds is 11. The van der Waals surface area contributed by atoms with Crippen molar-refractivity contribution in [3.63, 3.8) is 0 Å². The number of carbonyl (C=O) groups excluding carboxylic acids is 1. The van der Waals surface area contributed by atoms with E-state index in [1.807, 2.05) is 20.8 Å². The fourth-order valence-electron chi connectivity index (χ4n) is 5.72. The smallest absolute Gasteiger partial charge is 0.366 e. The number of hydrogen-bond acceptors (Lipinski definition) is 5. The number of sulfonamides is 1. The van der Waals surface area contributed by atoms with Crippen molar-refractivity contribution in [3.05, 3.63) is 64.4 Å². The Hall–Kier alpha value is -3.58. The SMILES string of the molecule is CCCN(CCC)S(=O)(=O)c1cccc(NC(=O)NCCC2CCC(C)N2c2ccc3[nH]c(=O)cc(C(F)(F)F)c3c2)c1. The van der Waals surface area contributed by atoms with E-state index in [2.05, 4.69) is 20.5 Å². The van der Waals surface area contributed by atoms with Gasteiger partial charge in [0.05, 0.1) is 10.5 Å². The lowest BCUT2D eigenvalue weighted by Gasteiger charge is -2.31. The molecular formula is C30H38F3N5O4S. The number of pyridine rings is 1. The Balaban J connectivity index is 1.42. The molecule has 2 heterocycles. The zero-order valence-corrected chi connectivity index (χ0v) is 25.3. The van der Waals surface area contributed by atoms with Crippen LogP contribution in [0.5, 0.6) is 0 Å². The summed E-state index contributed by atoms with van der Waals surface area (Å²) >= 11 is 0. The van der Waals surface area contributed by atoms with Crippen LogP contribution in [0, 0.1) is 0 Å². The third-order valence-electron chi connectivity index (χ3n) is 7.65.